The van der Waals surface area contributed by atoms with Crippen LogP contribution in [0.4, 0.5) is 0 Å². The predicted molar refractivity (Wildman–Crippen MR) is 68.4 cm³/mol. The zero-order valence-electron chi connectivity index (χ0n) is 10.6. The maximum Gasteiger partial charge on any atom is 0.0975 e. The maximum atomic E-state index is 11.9. The van der Waals surface area contributed by atoms with Crippen LogP contribution in [0.25, 0.3) is 0 Å². The van der Waals surface area contributed by atoms with Gasteiger partial charge in [0.15, 0.2) is 0 Å². The Hall–Kier alpha value is -0.740. The molecular formula is C12H20N2OS. The first kappa shape index (κ1) is 13.3. The summed E-state index contributed by atoms with van der Waals surface area (Å²) in [6.07, 6.45) is 1.83. The third-order valence-corrected chi connectivity index (χ3v) is 3.95. The lowest BCUT2D eigenvalue weighted by Crippen LogP contribution is -2.34. The fraction of sp³-hybridized carbons (Fsp3) is 0.583. The van der Waals surface area contributed by atoms with Crippen LogP contribution in [0.15, 0.2) is 18.3 Å². The van der Waals surface area contributed by atoms with Gasteiger partial charge in [0.2, 0.25) is 0 Å². The SMILES string of the molecule is Cc1ccc(C(C)NS(=O)C(C)(C)C)cn1. The van der Waals surface area contributed by atoms with Crippen molar-refractivity contribution in [2.24, 2.45) is 0 Å². The predicted octanol–water partition coefficient (Wildman–Crippen LogP) is 2.50. The van der Waals surface area contributed by atoms with Crippen molar-refractivity contribution in [3.8, 4) is 0 Å². The van der Waals surface area contributed by atoms with Crippen molar-refractivity contribution in [3.63, 3.8) is 0 Å². The molecule has 90 valence electrons. The van der Waals surface area contributed by atoms with E-state index in [0.29, 0.717) is 0 Å². The number of nitrogens with one attached hydrogen (secondary N) is 1. The average molecular weight is 240 g/mol. The van der Waals surface area contributed by atoms with E-state index in [-0.39, 0.29) is 10.8 Å². The lowest BCUT2D eigenvalue weighted by molar-refractivity contribution is 0.615. The van der Waals surface area contributed by atoms with Crippen molar-refractivity contribution in [2.45, 2.75) is 45.4 Å². The van der Waals surface area contributed by atoms with E-state index in [1.807, 2.05) is 52.9 Å². The second-order valence-corrected chi connectivity index (χ2v) is 6.95. The van der Waals surface area contributed by atoms with Gasteiger partial charge in [-0.15, -0.1) is 0 Å². The van der Waals surface area contributed by atoms with Crippen molar-refractivity contribution in [3.05, 3.63) is 29.6 Å². The fourth-order valence-electron chi connectivity index (χ4n) is 1.14. The standard InChI is InChI=1S/C12H20N2OS/c1-9-6-7-11(8-13-9)10(2)14-16(15)12(3,4)5/h6-8,10,14H,1-5H3. The van der Waals surface area contributed by atoms with E-state index >= 15 is 0 Å². The number of aromatic nitrogens is 1. The molecule has 0 aliphatic heterocycles. The molecular weight excluding hydrogens is 220 g/mol. The Morgan fingerprint density at radius 3 is 2.44 bits per heavy atom. The number of hydrogen-bond donors (Lipinski definition) is 1. The van der Waals surface area contributed by atoms with E-state index in [0.717, 1.165) is 11.3 Å². The normalized spacial score (nSPS) is 15.8. The van der Waals surface area contributed by atoms with Crippen molar-refractivity contribution in [2.75, 3.05) is 0 Å². The summed E-state index contributed by atoms with van der Waals surface area (Å²) in [7, 11) is -1.05. The third kappa shape index (κ3) is 3.68. The number of nitrogens with zero attached hydrogens (tertiary/aromatic N) is 1. The first-order valence-corrected chi connectivity index (χ1v) is 6.56. The van der Waals surface area contributed by atoms with Crippen LogP contribution in [-0.2, 0) is 11.0 Å². The summed E-state index contributed by atoms with van der Waals surface area (Å²) in [6, 6.07) is 4.03. The van der Waals surface area contributed by atoms with Crippen molar-refractivity contribution in [1.29, 1.82) is 0 Å². The highest BCUT2D eigenvalue weighted by molar-refractivity contribution is 7.84. The van der Waals surface area contributed by atoms with Crippen molar-refractivity contribution in [1.82, 2.24) is 9.71 Å². The second-order valence-electron chi connectivity index (χ2n) is 4.95. The Bertz CT molecular complexity index is 368. The van der Waals surface area contributed by atoms with E-state index in [1.165, 1.54) is 0 Å². The van der Waals surface area contributed by atoms with Gasteiger partial charge in [-0.25, -0.2) is 8.93 Å². The minimum absolute atomic E-state index is 0.0492. The summed E-state index contributed by atoms with van der Waals surface area (Å²) in [4.78, 5) is 4.23. The van der Waals surface area contributed by atoms with Gasteiger partial charge >= 0.3 is 0 Å². The monoisotopic (exact) mass is 240 g/mol. The van der Waals surface area contributed by atoms with Gasteiger partial charge in [0.25, 0.3) is 0 Å². The van der Waals surface area contributed by atoms with Gasteiger partial charge in [-0.05, 0) is 46.2 Å². The Morgan fingerprint density at radius 1 is 1.38 bits per heavy atom. The minimum Gasteiger partial charge on any atom is -0.261 e. The Labute approximate surface area is 100 Å². The highest BCUT2D eigenvalue weighted by atomic mass is 32.2. The Kier molecular flexibility index (Phi) is 4.21. The molecule has 0 fully saturated rings. The molecule has 0 radical (unpaired) electrons. The molecule has 0 aromatic carbocycles. The van der Waals surface area contributed by atoms with Crippen LogP contribution in [-0.4, -0.2) is 13.9 Å². The molecule has 1 aromatic rings. The minimum atomic E-state index is -1.05. The molecule has 2 atom stereocenters. The molecule has 0 aliphatic carbocycles. The zero-order chi connectivity index (χ0) is 12.3. The largest absolute Gasteiger partial charge is 0.261 e. The number of hydrogen-bond acceptors (Lipinski definition) is 2. The number of aryl methyl sites for hydroxylation is 1. The van der Waals surface area contributed by atoms with Gasteiger partial charge in [0.1, 0.15) is 0 Å². The lowest BCUT2D eigenvalue weighted by Gasteiger charge is -2.22. The highest BCUT2D eigenvalue weighted by Gasteiger charge is 2.21. The maximum absolute atomic E-state index is 11.9. The second kappa shape index (κ2) is 5.06. The van der Waals surface area contributed by atoms with Crippen LogP contribution in [0.2, 0.25) is 0 Å². The summed E-state index contributed by atoms with van der Waals surface area (Å²) in [6.45, 7) is 9.81. The Morgan fingerprint density at radius 2 is 2.00 bits per heavy atom. The summed E-state index contributed by atoms with van der Waals surface area (Å²) < 4.78 is 14.7. The van der Waals surface area contributed by atoms with Gasteiger partial charge in [-0.1, -0.05) is 6.07 Å². The van der Waals surface area contributed by atoms with Crippen LogP contribution >= 0.6 is 0 Å². The van der Waals surface area contributed by atoms with Gasteiger partial charge < -0.3 is 0 Å². The summed E-state index contributed by atoms with van der Waals surface area (Å²) >= 11 is 0. The van der Waals surface area contributed by atoms with Crippen LogP contribution in [0, 0.1) is 6.92 Å². The van der Waals surface area contributed by atoms with E-state index in [1.54, 1.807) is 0 Å². The first-order chi connectivity index (χ1) is 7.30. The molecule has 3 nitrogen and oxygen atoms in total. The quantitative estimate of drug-likeness (QED) is 0.882. The average Bonchev–Trinajstić information content (AvgIpc) is 2.17. The van der Waals surface area contributed by atoms with E-state index in [2.05, 4.69) is 9.71 Å². The number of pyridine rings is 1. The molecule has 1 heterocycles. The fourth-order valence-corrected chi connectivity index (χ4v) is 1.95. The molecule has 1 rings (SSSR count). The van der Waals surface area contributed by atoms with Crippen molar-refractivity contribution < 1.29 is 4.21 Å². The molecule has 0 saturated carbocycles. The summed E-state index contributed by atoms with van der Waals surface area (Å²) in [5.74, 6) is 0. The summed E-state index contributed by atoms with van der Waals surface area (Å²) in [5, 5.41) is 0. The first-order valence-electron chi connectivity index (χ1n) is 5.41. The van der Waals surface area contributed by atoms with Crippen LogP contribution in [0.5, 0.6) is 0 Å². The van der Waals surface area contributed by atoms with Gasteiger partial charge in [0, 0.05) is 17.9 Å². The zero-order valence-corrected chi connectivity index (χ0v) is 11.4. The van der Waals surface area contributed by atoms with E-state index in [4.69, 9.17) is 0 Å². The van der Waals surface area contributed by atoms with E-state index < -0.39 is 11.0 Å². The van der Waals surface area contributed by atoms with Gasteiger partial charge in [-0.2, -0.15) is 0 Å². The van der Waals surface area contributed by atoms with Crippen LogP contribution in [0.1, 0.15) is 45.0 Å². The van der Waals surface area contributed by atoms with Crippen LogP contribution < -0.4 is 4.72 Å². The molecule has 0 spiro atoms. The third-order valence-electron chi connectivity index (χ3n) is 2.27. The summed E-state index contributed by atoms with van der Waals surface area (Å²) in [5.41, 5.74) is 2.05. The molecule has 1 aromatic heterocycles. The lowest BCUT2D eigenvalue weighted by atomic mass is 10.1. The molecule has 1 N–H and O–H groups in total. The molecule has 0 amide bonds. The van der Waals surface area contributed by atoms with E-state index in [9.17, 15) is 4.21 Å². The topological polar surface area (TPSA) is 42.0 Å². The molecule has 2 unspecified atom stereocenters. The van der Waals surface area contributed by atoms with Gasteiger partial charge in [0.05, 0.1) is 15.7 Å². The van der Waals surface area contributed by atoms with Crippen LogP contribution in [0.3, 0.4) is 0 Å². The molecule has 0 bridgehead atoms. The highest BCUT2D eigenvalue weighted by Crippen LogP contribution is 2.16. The smallest absolute Gasteiger partial charge is 0.0975 e. The van der Waals surface area contributed by atoms with Crippen molar-refractivity contribution >= 4 is 11.0 Å². The van der Waals surface area contributed by atoms with Gasteiger partial charge in [-0.3, -0.25) is 4.98 Å². The Balaban J connectivity index is 2.69. The number of rotatable bonds is 3. The molecule has 0 aliphatic rings. The molecule has 0 saturated heterocycles. The molecule has 4 heteroatoms. The molecule has 16 heavy (non-hydrogen) atoms.